The minimum atomic E-state index is 0.314. The van der Waals surface area contributed by atoms with Gasteiger partial charge in [0.25, 0.3) is 5.95 Å². The highest BCUT2D eigenvalue weighted by atomic mass is 35.5. The summed E-state index contributed by atoms with van der Waals surface area (Å²) in [7, 11) is 0. The van der Waals surface area contributed by atoms with E-state index in [4.69, 9.17) is 33.5 Å². The SMILES string of the molecule is Nn1c(N/N=C/c2ccco2)nnc1SCc1ccc(Cl)c(Cl)c1. The molecule has 3 N–H and O–H groups in total. The molecule has 0 aliphatic carbocycles. The van der Waals surface area contributed by atoms with Gasteiger partial charge in [-0.2, -0.15) is 5.10 Å². The summed E-state index contributed by atoms with van der Waals surface area (Å²) in [6.07, 6.45) is 3.07. The molecule has 0 unspecified atom stereocenters. The Balaban J connectivity index is 1.61. The number of hydrogen-bond donors (Lipinski definition) is 2. The van der Waals surface area contributed by atoms with E-state index in [2.05, 4.69) is 20.7 Å². The number of halogens is 2. The molecule has 1 aromatic carbocycles. The van der Waals surface area contributed by atoms with Crippen LogP contribution >= 0.6 is 35.0 Å². The Morgan fingerprint density at radius 3 is 2.92 bits per heavy atom. The summed E-state index contributed by atoms with van der Waals surface area (Å²) in [5.74, 6) is 7.50. The van der Waals surface area contributed by atoms with E-state index in [9.17, 15) is 0 Å². The molecule has 0 spiro atoms. The van der Waals surface area contributed by atoms with Crippen LogP contribution in [0.15, 0.2) is 51.3 Å². The molecule has 3 rings (SSSR count). The number of aromatic nitrogens is 3. The Hall–Kier alpha value is -2.16. The van der Waals surface area contributed by atoms with Gasteiger partial charge in [-0.3, -0.25) is 0 Å². The van der Waals surface area contributed by atoms with Gasteiger partial charge in [-0.25, -0.2) is 10.1 Å². The van der Waals surface area contributed by atoms with E-state index in [0.29, 0.717) is 32.7 Å². The second kappa shape index (κ2) is 7.61. The maximum atomic E-state index is 6.00. The topological polar surface area (TPSA) is 94.3 Å². The summed E-state index contributed by atoms with van der Waals surface area (Å²) >= 11 is 13.3. The monoisotopic (exact) mass is 382 g/mol. The van der Waals surface area contributed by atoms with E-state index in [1.807, 2.05) is 6.07 Å². The quantitative estimate of drug-likeness (QED) is 0.292. The van der Waals surface area contributed by atoms with Crippen molar-refractivity contribution in [2.75, 3.05) is 11.3 Å². The largest absolute Gasteiger partial charge is 0.463 e. The fourth-order valence-corrected chi connectivity index (χ4v) is 2.87. The van der Waals surface area contributed by atoms with Gasteiger partial charge in [-0.15, -0.1) is 10.2 Å². The number of nitrogens with zero attached hydrogens (tertiary/aromatic N) is 4. The Kier molecular flexibility index (Phi) is 5.29. The van der Waals surface area contributed by atoms with E-state index >= 15 is 0 Å². The van der Waals surface area contributed by atoms with Gasteiger partial charge in [0.15, 0.2) is 0 Å². The van der Waals surface area contributed by atoms with Crippen LogP contribution in [-0.4, -0.2) is 21.1 Å². The minimum Gasteiger partial charge on any atom is -0.463 e. The zero-order valence-electron chi connectivity index (χ0n) is 12.2. The number of nitrogens with one attached hydrogen (secondary N) is 1. The summed E-state index contributed by atoms with van der Waals surface area (Å²) in [5, 5.41) is 13.5. The fourth-order valence-electron chi connectivity index (χ4n) is 1.75. The Labute approximate surface area is 151 Å². The smallest absolute Gasteiger partial charge is 0.264 e. The predicted molar refractivity (Wildman–Crippen MR) is 96.1 cm³/mol. The maximum absolute atomic E-state index is 6.00. The molecule has 0 saturated carbocycles. The van der Waals surface area contributed by atoms with Gasteiger partial charge in [0.2, 0.25) is 5.16 Å². The summed E-state index contributed by atoms with van der Waals surface area (Å²) in [5.41, 5.74) is 3.71. The molecule has 0 aliphatic rings. The van der Waals surface area contributed by atoms with Crippen LogP contribution in [0.2, 0.25) is 10.0 Å². The fraction of sp³-hybridized carbons (Fsp3) is 0.0714. The lowest BCUT2D eigenvalue weighted by Crippen LogP contribution is -2.13. The molecule has 2 heterocycles. The van der Waals surface area contributed by atoms with E-state index in [1.165, 1.54) is 22.7 Å². The third-order valence-corrected chi connectivity index (χ3v) is 4.67. The molecule has 2 aromatic heterocycles. The number of benzene rings is 1. The van der Waals surface area contributed by atoms with Crippen molar-refractivity contribution in [2.24, 2.45) is 5.10 Å². The number of thioether (sulfide) groups is 1. The molecule has 0 amide bonds. The molecule has 10 heteroatoms. The van der Waals surface area contributed by atoms with Crippen molar-refractivity contribution in [3.05, 3.63) is 58.0 Å². The van der Waals surface area contributed by atoms with Crippen LogP contribution in [0.3, 0.4) is 0 Å². The van der Waals surface area contributed by atoms with Crippen molar-refractivity contribution in [2.45, 2.75) is 10.9 Å². The first-order chi connectivity index (χ1) is 11.6. The summed E-state index contributed by atoms with van der Waals surface area (Å²) in [6, 6.07) is 9.00. The number of anilines is 1. The van der Waals surface area contributed by atoms with Crippen molar-refractivity contribution in [3.8, 4) is 0 Å². The third kappa shape index (κ3) is 4.02. The van der Waals surface area contributed by atoms with Gasteiger partial charge in [0, 0.05) is 5.75 Å². The van der Waals surface area contributed by atoms with Crippen molar-refractivity contribution < 1.29 is 4.42 Å². The van der Waals surface area contributed by atoms with E-state index in [1.54, 1.807) is 30.5 Å². The molecule has 3 aromatic rings. The van der Waals surface area contributed by atoms with E-state index < -0.39 is 0 Å². The van der Waals surface area contributed by atoms with Crippen molar-refractivity contribution in [1.29, 1.82) is 0 Å². The minimum absolute atomic E-state index is 0.314. The number of rotatable bonds is 6. The van der Waals surface area contributed by atoms with Gasteiger partial charge >= 0.3 is 0 Å². The molecule has 124 valence electrons. The average molecular weight is 383 g/mol. The van der Waals surface area contributed by atoms with E-state index in [-0.39, 0.29) is 0 Å². The van der Waals surface area contributed by atoms with Crippen LogP contribution in [-0.2, 0) is 5.75 Å². The lowest BCUT2D eigenvalue weighted by molar-refractivity contribution is 0.560. The van der Waals surface area contributed by atoms with Gasteiger partial charge in [-0.05, 0) is 29.8 Å². The van der Waals surface area contributed by atoms with Crippen molar-refractivity contribution >= 4 is 47.1 Å². The lowest BCUT2D eigenvalue weighted by Gasteiger charge is -2.04. The Morgan fingerprint density at radius 1 is 1.29 bits per heavy atom. The Morgan fingerprint density at radius 2 is 2.17 bits per heavy atom. The molecule has 7 nitrogen and oxygen atoms in total. The molecule has 24 heavy (non-hydrogen) atoms. The van der Waals surface area contributed by atoms with E-state index in [0.717, 1.165) is 5.56 Å². The first-order valence-corrected chi connectivity index (χ1v) is 8.47. The normalized spacial score (nSPS) is 11.2. The molecule has 0 aliphatic heterocycles. The van der Waals surface area contributed by atoms with Crippen LogP contribution in [0.4, 0.5) is 5.95 Å². The van der Waals surface area contributed by atoms with Gasteiger partial charge in [0.1, 0.15) is 5.76 Å². The standard InChI is InChI=1S/C14H12Cl2N6OS/c15-11-4-3-9(6-12(11)16)8-24-14-21-20-13(22(14)17)19-18-7-10-2-1-5-23-10/h1-7H,8,17H2,(H,19,20)/b18-7+. The highest BCUT2D eigenvalue weighted by Crippen LogP contribution is 2.27. The summed E-state index contributed by atoms with van der Waals surface area (Å²) in [4.78, 5) is 0. The Bertz CT molecular complexity index is 849. The predicted octanol–water partition coefficient (Wildman–Crippen LogP) is 3.63. The first-order valence-electron chi connectivity index (χ1n) is 6.73. The van der Waals surface area contributed by atoms with Gasteiger partial charge in [0.05, 0.1) is 22.5 Å². The van der Waals surface area contributed by atoms with Gasteiger partial charge < -0.3 is 10.3 Å². The van der Waals surface area contributed by atoms with Gasteiger partial charge in [-0.1, -0.05) is 41.0 Å². The lowest BCUT2D eigenvalue weighted by atomic mass is 10.2. The van der Waals surface area contributed by atoms with Crippen LogP contribution in [0.25, 0.3) is 0 Å². The number of nitrogens with two attached hydrogens (primary N) is 1. The molecule has 0 bridgehead atoms. The molecule has 0 radical (unpaired) electrons. The van der Waals surface area contributed by atoms with Crippen molar-refractivity contribution in [3.63, 3.8) is 0 Å². The first kappa shape index (κ1) is 16.7. The summed E-state index contributed by atoms with van der Waals surface area (Å²) in [6.45, 7) is 0. The molecule has 0 atom stereocenters. The second-order valence-electron chi connectivity index (χ2n) is 4.60. The average Bonchev–Trinajstić information content (AvgIpc) is 3.20. The van der Waals surface area contributed by atoms with Crippen molar-refractivity contribution in [1.82, 2.24) is 14.9 Å². The molecule has 0 fully saturated rings. The zero-order valence-corrected chi connectivity index (χ0v) is 14.5. The van der Waals surface area contributed by atoms with Crippen LogP contribution < -0.4 is 11.3 Å². The number of nitrogen functional groups attached to an aromatic ring is 1. The molecular formula is C14H12Cl2N6OS. The summed E-state index contributed by atoms with van der Waals surface area (Å²) < 4.78 is 6.45. The molecule has 0 saturated heterocycles. The van der Waals surface area contributed by atoms with Crippen LogP contribution in [0, 0.1) is 0 Å². The number of furan rings is 1. The third-order valence-electron chi connectivity index (χ3n) is 2.92. The van der Waals surface area contributed by atoms with Crippen LogP contribution in [0.1, 0.15) is 11.3 Å². The number of hydrogen-bond acceptors (Lipinski definition) is 7. The maximum Gasteiger partial charge on any atom is 0.264 e. The molecular weight excluding hydrogens is 371 g/mol. The number of hydrazone groups is 1. The van der Waals surface area contributed by atoms with Crippen LogP contribution in [0.5, 0.6) is 0 Å². The highest BCUT2D eigenvalue weighted by Gasteiger charge is 2.10. The second-order valence-corrected chi connectivity index (χ2v) is 6.36. The highest BCUT2D eigenvalue weighted by molar-refractivity contribution is 7.98. The zero-order chi connectivity index (χ0) is 16.9.